The lowest BCUT2D eigenvalue weighted by molar-refractivity contribution is -0.191. The number of hydrogen-bond acceptors (Lipinski definition) is 26. The first-order valence-electron chi connectivity index (χ1n) is 19.1. The van der Waals surface area contributed by atoms with E-state index in [0.717, 1.165) is 44.9 Å². The first-order valence-corrected chi connectivity index (χ1v) is 26.4. The molecule has 0 aliphatic heterocycles. The first-order chi connectivity index (χ1) is 34.1. The van der Waals surface area contributed by atoms with Gasteiger partial charge in [-0.15, -0.1) is 55.9 Å². The molecule has 0 bridgehead atoms. The Morgan fingerprint density at radius 3 is 1.82 bits per heavy atom. The fourth-order valence-electron chi connectivity index (χ4n) is 5.94. The van der Waals surface area contributed by atoms with Gasteiger partial charge in [-0.1, -0.05) is 29.5 Å². The Balaban J connectivity index is 0.000000957. The quantitative estimate of drug-likeness (QED) is 0.0442. The van der Waals surface area contributed by atoms with Gasteiger partial charge in [-0.05, 0) is 86.0 Å². The highest BCUT2D eigenvalue weighted by molar-refractivity contribution is 7.86. The van der Waals surface area contributed by atoms with Gasteiger partial charge in [-0.3, -0.25) is 13.7 Å². The Kier molecular flexibility index (Phi) is 19.6. The summed E-state index contributed by atoms with van der Waals surface area (Å²) in [6.45, 7) is 3.50. The van der Waals surface area contributed by atoms with E-state index in [1.807, 2.05) is 25.1 Å². The zero-order valence-electron chi connectivity index (χ0n) is 36.5. The Bertz CT molecular complexity index is 3900. The molecule has 0 radical (unpaired) electrons. The second-order valence-electron chi connectivity index (χ2n) is 13.8. The van der Waals surface area contributed by atoms with Crippen LogP contribution in [0, 0.1) is 13.8 Å². The van der Waals surface area contributed by atoms with Gasteiger partial charge in [0.15, 0.2) is 11.4 Å². The number of aromatic nitrogens is 3. The van der Waals surface area contributed by atoms with Crippen molar-refractivity contribution >= 4 is 124 Å². The molecule has 0 amide bonds. The van der Waals surface area contributed by atoms with Crippen LogP contribution in [-0.4, -0.2) is 108 Å². The van der Waals surface area contributed by atoms with Crippen LogP contribution in [0.5, 0.6) is 17.4 Å². The van der Waals surface area contributed by atoms with E-state index < -0.39 is 78.7 Å². The summed E-state index contributed by atoms with van der Waals surface area (Å²) in [6, 6.07) is 18.4. The summed E-state index contributed by atoms with van der Waals surface area (Å²) in [5.41, 5.74) is 2.24. The molecule has 5 aromatic carbocycles. The van der Waals surface area contributed by atoms with Gasteiger partial charge in [0.1, 0.15) is 27.7 Å². The Morgan fingerprint density at radius 2 is 1.23 bits per heavy atom. The molecule has 2 heterocycles. The summed E-state index contributed by atoms with van der Waals surface area (Å²) >= 11 is 1.35. The van der Waals surface area contributed by atoms with Crippen molar-refractivity contribution in [3.63, 3.8) is 0 Å². The molecule has 29 nitrogen and oxygen atoms in total. The number of aromatic hydroxyl groups is 2. The van der Waals surface area contributed by atoms with E-state index in [9.17, 15) is 49.1 Å². The number of benzene rings is 5. The van der Waals surface area contributed by atoms with Crippen LogP contribution in [0.25, 0.3) is 26.7 Å². The number of phenolic OH excluding ortho intramolecular Hbond substituents is 1. The van der Waals surface area contributed by atoms with Crippen molar-refractivity contribution in [1.29, 1.82) is 0 Å². The maximum Gasteiger partial charge on any atom is 0.425 e. The number of phenols is 1. The maximum atomic E-state index is 12.7. The van der Waals surface area contributed by atoms with Crippen LogP contribution < -0.4 is 4.74 Å². The molecular weight excluding hydrogens is 1090 g/mol. The van der Waals surface area contributed by atoms with Gasteiger partial charge < -0.3 is 14.9 Å². The summed E-state index contributed by atoms with van der Waals surface area (Å²) in [5.74, 6) is -1.58. The van der Waals surface area contributed by atoms with Crippen molar-refractivity contribution in [3.8, 4) is 23.1 Å². The first kappa shape index (κ1) is 57.6. The van der Waals surface area contributed by atoms with E-state index in [4.69, 9.17) is 39.6 Å². The number of rotatable bonds is 14. The second kappa shape index (κ2) is 24.9. The van der Waals surface area contributed by atoms with Crippen LogP contribution in [-0.2, 0) is 61.2 Å². The van der Waals surface area contributed by atoms with Crippen LogP contribution in [0.2, 0.25) is 0 Å². The maximum absolute atomic E-state index is 12.7. The molecule has 7 aromatic rings. The summed E-state index contributed by atoms with van der Waals surface area (Å²) in [7, 11) is -20.0. The van der Waals surface area contributed by atoms with Gasteiger partial charge in [0.05, 0.1) is 45.0 Å². The van der Waals surface area contributed by atoms with E-state index in [0.29, 0.717) is 16.4 Å². The fraction of sp³-hybridized carbons (Fsp3) is 0.132. The molecule has 0 saturated heterocycles. The lowest BCUT2D eigenvalue weighted by atomic mass is 10.1. The number of ether oxygens (including phenoxy) is 1. The lowest BCUT2D eigenvalue weighted by Crippen LogP contribution is -2.08. The van der Waals surface area contributed by atoms with E-state index in [-0.39, 0.29) is 64.1 Å². The second-order valence-corrected chi connectivity index (χ2v) is 19.9. The van der Waals surface area contributed by atoms with E-state index >= 15 is 0 Å². The minimum atomic E-state index is -5.04. The van der Waals surface area contributed by atoms with Crippen molar-refractivity contribution in [3.05, 3.63) is 96.2 Å². The molecular formula is C38H31N9O20S6. The molecule has 5 N–H and O–H groups in total. The molecule has 35 heteroatoms. The number of nitrogens with zero attached hydrogens (tertiary/aromatic N) is 9. The average Bonchev–Trinajstić information content (AvgIpc) is 3.89. The highest BCUT2D eigenvalue weighted by Gasteiger charge is 2.23. The molecule has 7 rings (SSSR count). The van der Waals surface area contributed by atoms with E-state index in [1.54, 1.807) is 13.0 Å². The predicted octanol–water partition coefficient (Wildman–Crippen LogP) is 6.47. The SMILES string of the molecule is Cc1cc(N=Nc2ccc3c(S(=O)(=O)O)c(N=Nc4cnn(-c5ccc(S(=O)(=O)O)cc5)c4O)ccc3c2O)c(OCCCS(=O)(=O)O)cc1N=Nc1nc2c(C)cccc2s1.O=C=O.O=S(=O)=O.O=S(=O)=O. The standard InChI is InChI=1S/C37H31N9O12S4.CO2.2O3S/c1-20-5-3-6-32-33(20)39-37(59-32)45-42-28-18-31(58-15-4-16-60(49,50)51)29(17-21(28)2)43-40-26-13-12-25-24(34(26)47)11-14-27(35(25)62(55,56)57)41-44-30-19-38-46(36(30)48)22-7-9-23(10-8-22)61(52,53)54;2-1-3;2*1-4(2)3/h3,5-14,17-19,47-48H,4,15-16H2,1-2H3,(H,49,50,51)(H,52,53,54)(H,55,56,57);;;. The number of carbonyl (C=O) groups excluding carboxylic acids is 2. The largest absolute Gasteiger partial charge is 0.505 e. The molecule has 0 spiro atoms. The average molecular weight is 1130 g/mol. The smallest absolute Gasteiger partial charge is 0.425 e. The van der Waals surface area contributed by atoms with Crippen LogP contribution in [0.4, 0.5) is 33.6 Å². The third-order valence-corrected chi connectivity index (χ3v) is 12.4. The predicted molar refractivity (Wildman–Crippen MR) is 249 cm³/mol. The summed E-state index contributed by atoms with van der Waals surface area (Å²) in [6.07, 6.45) is 1.25. The summed E-state index contributed by atoms with van der Waals surface area (Å²) in [4.78, 5) is 19.7. The van der Waals surface area contributed by atoms with E-state index in [1.165, 1.54) is 47.7 Å². The number of fused-ring (bicyclic) bond motifs is 2. The van der Waals surface area contributed by atoms with Gasteiger partial charge in [0, 0.05) is 16.8 Å². The zero-order chi connectivity index (χ0) is 54.4. The molecule has 384 valence electrons. The topological polar surface area (TPSA) is 454 Å². The van der Waals surface area contributed by atoms with Crippen LogP contribution in [0.15, 0.2) is 126 Å². The van der Waals surface area contributed by atoms with Gasteiger partial charge in [-0.2, -0.15) is 44.6 Å². The molecule has 0 aliphatic rings. The molecule has 0 fully saturated rings. The van der Waals surface area contributed by atoms with Gasteiger partial charge >= 0.3 is 27.4 Å². The van der Waals surface area contributed by atoms with Crippen molar-refractivity contribution in [2.45, 2.75) is 30.1 Å². The van der Waals surface area contributed by atoms with E-state index in [2.05, 4.69) is 40.8 Å². The minimum absolute atomic E-state index is 0.0739. The Morgan fingerprint density at radius 1 is 0.671 bits per heavy atom. The summed E-state index contributed by atoms with van der Waals surface area (Å²) in [5, 5.41) is 50.9. The molecule has 2 aromatic heterocycles. The molecule has 0 saturated carbocycles. The van der Waals surface area contributed by atoms with Crippen molar-refractivity contribution in [2.75, 3.05) is 12.4 Å². The number of azo groups is 3. The molecule has 0 aliphatic carbocycles. The van der Waals surface area contributed by atoms with Crippen molar-refractivity contribution in [2.24, 2.45) is 30.7 Å². The minimum Gasteiger partial charge on any atom is -0.505 e. The Labute approximate surface area is 417 Å². The van der Waals surface area contributed by atoms with Crippen molar-refractivity contribution < 1.29 is 88.7 Å². The monoisotopic (exact) mass is 1130 g/mol. The highest BCUT2D eigenvalue weighted by Crippen LogP contribution is 2.43. The van der Waals surface area contributed by atoms with Crippen molar-refractivity contribution in [1.82, 2.24) is 14.8 Å². The van der Waals surface area contributed by atoms with Crippen LogP contribution in [0.3, 0.4) is 0 Å². The number of para-hydroxylation sites is 1. The molecule has 73 heavy (non-hydrogen) atoms. The fourth-order valence-corrected chi connectivity index (χ4v) is 8.60. The normalized spacial score (nSPS) is 11.6. The molecule has 0 unspecified atom stereocenters. The van der Waals surface area contributed by atoms with Crippen LogP contribution in [0.1, 0.15) is 17.5 Å². The summed E-state index contributed by atoms with van der Waals surface area (Å²) < 4.78 is 158. The third-order valence-electron chi connectivity index (χ3n) is 8.91. The number of hydrogen-bond donors (Lipinski definition) is 5. The highest BCUT2D eigenvalue weighted by atomic mass is 32.2. The van der Waals surface area contributed by atoms with Gasteiger partial charge in [0.2, 0.25) is 11.0 Å². The van der Waals surface area contributed by atoms with Crippen LogP contribution >= 0.6 is 11.3 Å². The number of thiazole rings is 1. The van der Waals surface area contributed by atoms with Gasteiger partial charge in [0.25, 0.3) is 30.4 Å². The number of aryl methyl sites for hydroxylation is 2. The molecule has 0 atom stereocenters. The van der Waals surface area contributed by atoms with Gasteiger partial charge in [-0.25, -0.2) is 4.98 Å². The Hall–Kier alpha value is -7.99. The zero-order valence-corrected chi connectivity index (χ0v) is 41.4. The lowest BCUT2D eigenvalue weighted by Gasteiger charge is -2.11. The third kappa shape index (κ3) is 16.5.